The van der Waals surface area contributed by atoms with E-state index in [1.54, 1.807) is 18.2 Å². The standard InChI is InChI=1S/C29H35Cl2N3O3/c30-25-6-5-21(19-26(25)31)29(12-13-29)28(37)32-22-8-14-33(15-9-22)23-10-16-34(17-11-23)27(36)7-4-20-2-1-3-24(35)18-20/h1-3,5-6,18-19,22-23,35H,4,7-17H2,(H,32,37). The van der Waals surface area contributed by atoms with Crippen molar-refractivity contribution in [1.82, 2.24) is 15.1 Å². The van der Waals surface area contributed by atoms with Gasteiger partial charge in [0, 0.05) is 44.7 Å². The number of benzene rings is 2. The second kappa shape index (κ2) is 11.2. The molecule has 2 aromatic rings. The first-order chi connectivity index (χ1) is 17.8. The Morgan fingerprint density at radius 3 is 2.32 bits per heavy atom. The van der Waals surface area contributed by atoms with Crippen molar-refractivity contribution >= 4 is 35.0 Å². The number of hydrogen-bond donors (Lipinski definition) is 2. The Morgan fingerprint density at radius 2 is 1.68 bits per heavy atom. The molecule has 3 aliphatic rings. The lowest BCUT2D eigenvalue weighted by atomic mass is 9.93. The van der Waals surface area contributed by atoms with Gasteiger partial charge in [0.25, 0.3) is 0 Å². The van der Waals surface area contributed by atoms with Gasteiger partial charge >= 0.3 is 0 Å². The highest BCUT2D eigenvalue weighted by molar-refractivity contribution is 6.42. The van der Waals surface area contributed by atoms with E-state index in [4.69, 9.17) is 23.2 Å². The van der Waals surface area contributed by atoms with Gasteiger partial charge in [0.1, 0.15) is 5.75 Å². The summed E-state index contributed by atoms with van der Waals surface area (Å²) in [6.07, 6.45) is 6.71. The fourth-order valence-corrected chi connectivity index (χ4v) is 6.20. The number of phenols is 1. The van der Waals surface area contributed by atoms with Gasteiger partial charge in [-0.1, -0.05) is 41.4 Å². The van der Waals surface area contributed by atoms with Crippen LogP contribution in [-0.4, -0.2) is 65.0 Å². The molecule has 0 aromatic heterocycles. The van der Waals surface area contributed by atoms with Gasteiger partial charge in [-0.05, 0) is 80.3 Å². The molecular weight excluding hydrogens is 509 g/mol. The van der Waals surface area contributed by atoms with Crippen molar-refractivity contribution in [3.8, 4) is 5.75 Å². The van der Waals surface area contributed by atoms with Gasteiger partial charge in [0.15, 0.2) is 0 Å². The van der Waals surface area contributed by atoms with E-state index in [0.29, 0.717) is 28.9 Å². The molecule has 6 nitrogen and oxygen atoms in total. The molecule has 0 radical (unpaired) electrons. The number of carbonyl (C=O) groups is 2. The lowest BCUT2D eigenvalue weighted by molar-refractivity contribution is -0.132. The lowest BCUT2D eigenvalue weighted by Gasteiger charge is -2.42. The summed E-state index contributed by atoms with van der Waals surface area (Å²) in [4.78, 5) is 30.4. The van der Waals surface area contributed by atoms with Crippen LogP contribution in [0.25, 0.3) is 0 Å². The van der Waals surface area contributed by atoms with Crippen LogP contribution in [-0.2, 0) is 21.4 Å². The van der Waals surface area contributed by atoms with Crippen LogP contribution in [0.15, 0.2) is 42.5 Å². The van der Waals surface area contributed by atoms with E-state index in [1.807, 2.05) is 29.2 Å². The average molecular weight is 545 g/mol. The van der Waals surface area contributed by atoms with Gasteiger partial charge < -0.3 is 20.2 Å². The number of carbonyl (C=O) groups excluding carboxylic acids is 2. The quantitative estimate of drug-likeness (QED) is 0.519. The third-order valence-corrected chi connectivity index (χ3v) is 9.13. The predicted molar refractivity (Wildman–Crippen MR) is 146 cm³/mol. The molecule has 0 unspecified atom stereocenters. The molecule has 3 fully saturated rings. The van der Waals surface area contributed by atoms with E-state index in [0.717, 1.165) is 75.8 Å². The summed E-state index contributed by atoms with van der Waals surface area (Å²) in [5.41, 5.74) is 1.49. The van der Waals surface area contributed by atoms with Crippen LogP contribution in [0.2, 0.25) is 10.0 Å². The summed E-state index contributed by atoms with van der Waals surface area (Å²) < 4.78 is 0. The van der Waals surface area contributed by atoms with E-state index in [-0.39, 0.29) is 23.6 Å². The number of aryl methyl sites for hydroxylation is 1. The zero-order chi connectivity index (χ0) is 26.0. The summed E-state index contributed by atoms with van der Waals surface area (Å²) in [5.74, 6) is 0.550. The minimum atomic E-state index is -0.453. The smallest absolute Gasteiger partial charge is 0.230 e. The van der Waals surface area contributed by atoms with Crippen molar-refractivity contribution in [2.24, 2.45) is 0 Å². The van der Waals surface area contributed by atoms with E-state index in [1.165, 1.54) is 0 Å². The highest BCUT2D eigenvalue weighted by Gasteiger charge is 2.51. The van der Waals surface area contributed by atoms with Crippen molar-refractivity contribution in [2.75, 3.05) is 26.2 Å². The van der Waals surface area contributed by atoms with Gasteiger partial charge in [-0.15, -0.1) is 0 Å². The van der Waals surface area contributed by atoms with Crippen LogP contribution in [0.1, 0.15) is 56.1 Å². The van der Waals surface area contributed by atoms with Gasteiger partial charge in [0.2, 0.25) is 11.8 Å². The van der Waals surface area contributed by atoms with Crippen molar-refractivity contribution in [2.45, 2.75) is 68.9 Å². The number of hydrogen-bond acceptors (Lipinski definition) is 4. The number of rotatable bonds is 7. The number of nitrogens with zero attached hydrogens (tertiary/aromatic N) is 2. The highest BCUT2D eigenvalue weighted by Crippen LogP contribution is 2.49. The summed E-state index contributed by atoms with van der Waals surface area (Å²) in [5, 5.41) is 13.9. The maximum Gasteiger partial charge on any atom is 0.230 e. The summed E-state index contributed by atoms with van der Waals surface area (Å²) >= 11 is 12.3. The molecule has 198 valence electrons. The molecule has 2 saturated heterocycles. The number of amides is 2. The Balaban J connectivity index is 1.04. The number of likely N-dealkylation sites (tertiary alicyclic amines) is 2. The minimum Gasteiger partial charge on any atom is -0.508 e. The van der Waals surface area contributed by atoms with Crippen molar-refractivity contribution < 1.29 is 14.7 Å². The van der Waals surface area contributed by atoms with Crippen molar-refractivity contribution in [1.29, 1.82) is 0 Å². The molecule has 0 atom stereocenters. The van der Waals surface area contributed by atoms with Gasteiger partial charge in [-0.25, -0.2) is 0 Å². The number of piperidine rings is 2. The molecule has 2 N–H and O–H groups in total. The van der Waals surface area contributed by atoms with E-state index < -0.39 is 5.41 Å². The molecule has 5 rings (SSSR count). The van der Waals surface area contributed by atoms with Crippen LogP contribution in [0, 0.1) is 0 Å². The Labute approximate surface area is 228 Å². The summed E-state index contributed by atoms with van der Waals surface area (Å²) in [6.45, 7) is 3.54. The van der Waals surface area contributed by atoms with Crippen LogP contribution < -0.4 is 5.32 Å². The minimum absolute atomic E-state index is 0.113. The monoisotopic (exact) mass is 543 g/mol. The highest BCUT2D eigenvalue weighted by atomic mass is 35.5. The SMILES string of the molecule is O=C(CCc1cccc(O)c1)N1CCC(N2CCC(NC(=O)C3(c4ccc(Cl)c(Cl)c4)CC3)CC2)CC1. The predicted octanol–water partition coefficient (Wildman–Crippen LogP) is 4.94. The molecule has 2 amide bonds. The first-order valence-electron chi connectivity index (χ1n) is 13.4. The third-order valence-electron chi connectivity index (χ3n) is 8.39. The van der Waals surface area contributed by atoms with Gasteiger partial charge in [-0.2, -0.15) is 0 Å². The second-order valence-corrected chi connectivity index (χ2v) is 11.6. The van der Waals surface area contributed by atoms with Gasteiger partial charge in [-0.3, -0.25) is 9.59 Å². The Hall–Kier alpha value is -2.28. The second-order valence-electron chi connectivity index (χ2n) is 10.8. The number of nitrogens with one attached hydrogen (secondary N) is 1. The van der Waals surface area contributed by atoms with E-state index in [2.05, 4.69) is 10.2 Å². The maximum atomic E-state index is 13.2. The molecule has 1 saturated carbocycles. The number of halogens is 2. The molecular formula is C29H35Cl2N3O3. The molecule has 37 heavy (non-hydrogen) atoms. The fourth-order valence-electron chi connectivity index (χ4n) is 5.90. The average Bonchev–Trinajstić information content (AvgIpc) is 3.72. The van der Waals surface area contributed by atoms with E-state index in [9.17, 15) is 14.7 Å². The maximum absolute atomic E-state index is 13.2. The molecule has 0 spiro atoms. The zero-order valence-electron chi connectivity index (χ0n) is 21.1. The largest absolute Gasteiger partial charge is 0.508 e. The summed E-state index contributed by atoms with van der Waals surface area (Å²) in [6, 6.07) is 13.4. The van der Waals surface area contributed by atoms with Crippen molar-refractivity contribution in [3.05, 3.63) is 63.6 Å². The van der Waals surface area contributed by atoms with Crippen molar-refractivity contribution in [3.63, 3.8) is 0 Å². The Kier molecular flexibility index (Phi) is 7.99. The topological polar surface area (TPSA) is 72.9 Å². The fraction of sp³-hybridized carbons (Fsp3) is 0.517. The normalized spacial score (nSPS) is 20.5. The summed E-state index contributed by atoms with van der Waals surface area (Å²) in [7, 11) is 0. The van der Waals surface area contributed by atoms with Crippen LogP contribution in [0.3, 0.4) is 0 Å². The van der Waals surface area contributed by atoms with Crippen LogP contribution in [0.4, 0.5) is 0 Å². The number of phenolic OH excluding ortho intramolecular Hbond substituents is 1. The Morgan fingerprint density at radius 1 is 0.946 bits per heavy atom. The lowest BCUT2D eigenvalue weighted by Crippen LogP contribution is -2.52. The molecule has 2 aliphatic heterocycles. The number of aromatic hydroxyl groups is 1. The molecule has 1 aliphatic carbocycles. The van der Waals surface area contributed by atoms with E-state index >= 15 is 0 Å². The zero-order valence-corrected chi connectivity index (χ0v) is 22.6. The first-order valence-corrected chi connectivity index (χ1v) is 14.2. The van der Waals surface area contributed by atoms with Gasteiger partial charge in [0.05, 0.1) is 15.5 Å². The first kappa shape index (κ1) is 26.3. The Bertz CT molecular complexity index is 1140. The van der Waals surface area contributed by atoms with Crippen LogP contribution in [0.5, 0.6) is 5.75 Å². The third kappa shape index (κ3) is 6.08. The molecule has 2 heterocycles. The van der Waals surface area contributed by atoms with Crippen LogP contribution >= 0.6 is 23.2 Å². The molecule has 0 bridgehead atoms. The molecule has 2 aromatic carbocycles. The molecule has 8 heteroatoms.